The molecule has 11 heteroatoms. The molecule has 9 nitrogen and oxygen atoms in total. The number of amides is 1. The maximum Gasteiger partial charge on any atom is 0.335 e. The summed E-state index contributed by atoms with van der Waals surface area (Å²) in [5.41, 5.74) is 0.571. The van der Waals surface area contributed by atoms with Crippen LogP contribution in [0.25, 0.3) is 0 Å². The summed E-state index contributed by atoms with van der Waals surface area (Å²) >= 11 is 0. The van der Waals surface area contributed by atoms with Gasteiger partial charge in [0, 0.05) is 32.2 Å². The zero-order chi connectivity index (χ0) is 24.2. The van der Waals surface area contributed by atoms with Gasteiger partial charge in [-0.2, -0.15) is 0 Å². The zero-order valence-corrected chi connectivity index (χ0v) is 19.2. The molecular weight excluding hydrogens is 451 g/mol. The van der Waals surface area contributed by atoms with Crippen LogP contribution in [0.4, 0.5) is 15.8 Å². The number of carbonyl (C=O) groups is 2. The summed E-state index contributed by atoms with van der Waals surface area (Å²) in [5.74, 6) is -1.82. The first-order chi connectivity index (χ1) is 15.5. The number of anilines is 2. The normalized spacial score (nSPS) is 14.8. The molecule has 3 rings (SSSR count). The van der Waals surface area contributed by atoms with Gasteiger partial charge >= 0.3 is 5.97 Å². The van der Waals surface area contributed by atoms with Gasteiger partial charge in [-0.25, -0.2) is 17.6 Å². The predicted octanol–water partition coefficient (Wildman–Crippen LogP) is 1.97. The highest BCUT2D eigenvalue weighted by atomic mass is 32.2. The molecule has 1 aliphatic rings. The van der Waals surface area contributed by atoms with Gasteiger partial charge < -0.3 is 15.3 Å². The lowest BCUT2D eigenvalue weighted by Crippen LogP contribution is -2.50. The topological polar surface area (TPSA) is 119 Å². The van der Waals surface area contributed by atoms with E-state index in [1.807, 2.05) is 23.6 Å². The van der Waals surface area contributed by atoms with E-state index in [9.17, 15) is 27.5 Å². The molecule has 2 aromatic rings. The molecule has 1 fully saturated rings. The quantitative estimate of drug-likeness (QED) is 0.531. The van der Waals surface area contributed by atoms with Crippen molar-refractivity contribution < 1.29 is 27.5 Å². The van der Waals surface area contributed by atoms with E-state index in [1.54, 1.807) is 6.07 Å². The second-order valence-corrected chi connectivity index (χ2v) is 9.76. The molecule has 33 heavy (non-hydrogen) atoms. The van der Waals surface area contributed by atoms with E-state index in [1.165, 1.54) is 12.1 Å². The SMILES string of the molecule is CC(C)NC(=O)CN1CCN(c2ccc(C(=O)O)cc2NS(=O)(=O)c2ccc(F)cc2)CC1. The summed E-state index contributed by atoms with van der Waals surface area (Å²) in [6, 6.07) is 8.65. The first-order valence-corrected chi connectivity index (χ1v) is 12.0. The van der Waals surface area contributed by atoms with Crippen molar-refractivity contribution in [1.82, 2.24) is 10.2 Å². The molecule has 0 radical (unpaired) electrons. The second-order valence-electron chi connectivity index (χ2n) is 8.08. The summed E-state index contributed by atoms with van der Waals surface area (Å²) in [4.78, 5) is 27.3. The number of rotatable bonds is 8. The van der Waals surface area contributed by atoms with Crippen molar-refractivity contribution in [3.8, 4) is 0 Å². The summed E-state index contributed by atoms with van der Waals surface area (Å²) in [6.45, 7) is 6.26. The minimum absolute atomic E-state index is 0.0583. The molecular formula is C22H27FN4O5S. The molecule has 178 valence electrons. The molecule has 1 heterocycles. The highest BCUT2D eigenvalue weighted by Gasteiger charge is 2.24. The number of piperazine rings is 1. The Morgan fingerprint density at radius 1 is 1.06 bits per heavy atom. The minimum atomic E-state index is -4.07. The summed E-state index contributed by atoms with van der Waals surface area (Å²) < 4.78 is 41.3. The van der Waals surface area contributed by atoms with Gasteiger partial charge in [0.25, 0.3) is 10.0 Å². The number of hydrogen-bond donors (Lipinski definition) is 3. The van der Waals surface area contributed by atoms with E-state index >= 15 is 0 Å². The van der Waals surface area contributed by atoms with Crippen LogP contribution in [0.1, 0.15) is 24.2 Å². The molecule has 0 aliphatic carbocycles. The Morgan fingerprint density at radius 2 is 1.70 bits per heavy atom. The van der Waals surface area contributed by atoms with E-state index in [0.29, 0.717) is 31.9 Å². The van der Waals surface area contributed by atoms with Crippen molar-refractivity contribution >= 4 is 33.3 Å². The molecule has 0 saturated carbocycles. The van der Waals surface area contributed by atoms with Gasteiger partial charge in [-0.3, -0.25) is 14.4 Å². The number of carboxylic acids is 1. The molecule has 3 N–H and O–H groups in total. The van der Waals surface area contributed by atoms with Crippen LogP contribution in [0.3, 0.4) is 0 Å². The first-order valence-electron chi connectivity index (χ1n) is 10.5. The Bertz CT molecular complexity index is 1110. The Labute approximate surface area is 192 Å². The monoisotopic (exact) mass is 478 g/mol. The van der Waals surface area contributed by atoms with E-state index in [-0.39, 0.29) is 34.6 Å². The van der Waals surface area contributed by atoms with Crippen molar-refractivity contribution in [2.45, 2.75) is 24.8 Å². The number of carbonyl (C=O) groups excluding carboxylic acids is 1. The van der Waals surface area contributed by atoms with Gasteiger partial charge in [0.05, 0.1) is 28.4 Å². The number of sulfonamides is 1. The average molecular weight is 479 g/mol. The number of nitrogens with zero attached hydrogens (tertiary/aromatic N) is 2. The number of aromatic carboxylic acids is 1. The molecule has 0 aromatic heterocycles. The van der Waals surface area contributed by atoms with E-state index in [2.05, 4.69) is 10.0 Å². The molecule has 0 unspecified atom stereocenters. The Morgan fingerprint density at radius 3 is 2.27 bits per heavy atom. The van der Waals surface area contributed by atoms with Crippen LogP contribution in [0, 0.1) is 5.82 Å². The van der Waals surface area contributed by atoms with Gasteiger partial charge in [-0.05, 0) is 56.3 Å². The number of benzene rings is 2. The van der Waals surface area contributed by atoms with Crippen LogP contribution in [0.2, 0.25) is 0 Å². The standard InChI is InChI=1S/C22H27FN4O5S/c1-15(2)24-21(28)14-26-9-11-27(12-10-26)20-8-3-16(22(29)30)13-19(20)25-33(31,32)18-6-4-17(23)5-7-18/h3-8,13,15,25H,9-12,14H2,1-2H3,(H,24,28)(H,29,30). The molecule has 1 amide bonds. The van der Waals surface area contributed by atoms with Crippen molar-refractivity contribution in [3.05, 3.63) is 53.8 Å². The number of nitrogens with one attached hydrogen (secondary N) is 2. The van der Waals surface area contributed by atoms with Gasteiger partial charge in [0.1, 0.15) is 5.82 Å². The highest BCUT2D eigenvalue weighted by molar-refractivity contribution is 7.92. The average Bonchev–Trinajstić information content (AvgIpc) is 2.74. The number of carboxylic acid groups (broad SMARTS) is 1. The van der Waals surface area contributed by atoms with E-state index in [0.717, 1.165) is 24.3 Å². The van der Waals surface area contributed by atoms with Gasteiger partial charge in [0.2, 0.25) is 5.91 Å². The van der Waals surface area contributed by atoms with Crippen LogP contribution < -0.4 is 14.9 Å². The van der Waals surface area contributed by atoms with Gasteiger partial charge in [-0.15, -0.1) is 0 Å². The Balaban J connectivity index is 1.80. The molecule has 2 aromatic carbocycles. The van der Waals surface area contributed by atoms with Crippen LogP contribution in [-0.4, -0.2) is 69.1 Å². The highest BCUT2D eigenvalue weighted by Crippen LogP contribution is 2.30. The molecule has 1 saturated heterocycles. The third-order valence-electron chi connectivity index (χ3n) is 5.14. The first kappa shape index (κ1) is 24.5. The minimum Gasteiger partial charge on any atom is -0.478 e. The largest absolute Gasteiger partial charge is 0.478 e. The summed E-state index contributed by atoms with van der Waals surface area (Å²) in [6.07, 6.45) is 0. The Hall–Kier alpha value is -3.18. The molecule has 0 atom stereocenters. The third-order valence-corrected chi connectivity index (χ3v) is 6.52. The molecule has 1 aliphatic heterocycles. The van der Waals surface area contributed by atoms with Crippen molar-refractivity contribution in [2.24, 2.45) is 0 Å². The lowest BCUT2D eigenvalue weighted by atomic mass is 10.1. The number of halogens is 1. The summed E-state index contributed by atoms with van der Waals surface area (Å²) in [7, 11) is -4.07. The zero-order valence-electron chi connectivity index (χ0n) is 18.4. The van der Waals surface area contributed by atoms with Gasteiger partial charge in [0.15, 0.2) is 0 Å². The number of hydrogen-bond acceptors (Lipinski definition) is 6. The van der Waals surface area contributed by atoms with Crippen LogP contribution in [-0.2, 0) is 14.8 Å². The fourth-order valence-corrected chi connectivity index (χ4v) is 4.63. The summed E-state index contributed by atoms with van der Waals surface area (Å²) in [5, 5.41) is 12.2. The van der Waals surface area contributed by atoms with Crippen LogP contribution in [0.15, 0.2) is 47.4 Å². The lowest BCUT2D eigenvalue weighted by Gasteiger charge is -2.36. The van der Waals surface area contributed by atoms with Crippen molar-refractivity contribution in [1.29, 1.82) is 0 Å². The third kappa shape index (κ3) is 6.42. The van der Waals surface area contributed by atoms with Crippen molar-refractivity contribution in [3.63, 3.8) is 0 Å². The van der Waals surface area contributed by atoms with Crippen LogP contribution in [0.5, 0.6) is 0 Å². The fourth-order valence-electron chi connectivity index (χ4n) is 3.56. The van der Waals surface area contributed by atoms with Crippen molar-refractivity contribution in [2.75, 3.05) is 42.3 Å². The second kappa shape index (κ2) is 10.2. The maximum atomic E-state index is 13.2. The van der Waals surface area contributed by atoms with Crippen LogP contribution >= 0.6 is 0 Å². The molecule has 0 spiro atoms. The molecule has 0 bridgehead atoms. The Kier molecular flexibility index (Phi) is 7.54. The fraction of sp³-hybridized carbons (Fsp3) is 0.364. The van der Waals surface area contributed by atoms with E-state index < -0.39 is 21.8 Å². The lowest BCUT2D eigenvalue weighted by molar-refractivity contribution is -0.122. The predicted molar refractivity (Wildman–Crippen MR) is 123 cm³/mol. The maximum absolute atomic E-state index is 13.2. The van der Waals surface area contributed by atoms with Gasteiger partial charge in [-0.1, -0.05) is 0 Å². The smallest absolute Gasteiger partial charge is 0.335 e. The van der Waals surface area contributed by atoms with E-state index in [4.69, 9.17) is 0 Å².